The first-order chi connectivity index (χ1) is 14.3. The standard InChI is InChI=1S/C24H27N3O2/c1-28-23-8-7-19(18-9-11-25-12-10-18)15-20(23)17-27-14-13-26-16-22(27)21-5-3-4-6-24(21)29-2/h3-12,15,22,26H,13-14,16-17H2,1-2H3. The van der Waals surface area contributed by atoms with Gasteiger partial charge >= 0.3 is 0 Å². The normalized spacial score (nSPS) is 17.1. The molecule has 0 spiro atoms. The lowest BCUT2D eigenvalue weighted by Gasteiger charge is -2.37. The second-order valence-electron chi connectivity index (χ2n) is 7.19. The number of nitrogens with one attached hydrogen (secondary N) is 1. The lowest BCUT2D eigenvalue weighted by molar-refractivity contribution is 0.149. The molecule has 5 nitrogen and oxygen atoms in total. The van der Waals surface area contributed by atoms with E-state index in [4.69, 9.17) is 9.47 Å². The zero-order valence-electron chi connectivity index (χ0n) is 17.0. The van der Waals surface area contributed by atoms with Crippen LogP contribution in [-0.2, 0) is 6.54 Å². The van der Waals surface area contributed by atoms with Crippen LogP contribution in [0.4, 0.5) is 0 Å². The first-order valence-corrected chi connectivity index (χ1v) is 9.95. The smallest absolute Gasteiger partial charge is 0.123 e. The zero-order chi connectivity index (χ0) is 20.1. The van der Waals surface area contributed by atoms with Gasteiger partial charge in [-0.2, -0.15) is 0 Å². The van der Waals surface area contributed by atoms with Crippen LogP contribution in [0.5, 0.6) is 11.5 Å². The third-order valence-electron chi connectivity index (χ3n) is 5.52. The SMILES string of the molecule is COc1ccc(-c2ccncc2)cc1CN1CCNCC1c1ccccc1OC. The minimum atomic E-state index is 0.245. The maximum absolute atomic E-state index is 5.68. The molecular weight excluding hydrogens is 362 g/mol. The second-order valence-corrected chi connectivity index (χ2v) is 7.19. The number of aromatic nitrogens is 1. The van der Waals surface area contributed by atoms with Gasteiger partial charge < -0.3 is 14.8 Å². The molecule has 0 amide bonds. The van der Waals surface area contributed by atoms with Gasteiger partial charge in [-0.25, -0.2) is 0 Å². The molecule has 2 aromatic carbocycles. The van der Waals surface area contributed by atoms with Crippen LogP contribution in [0.1, 0.15) is 17.2 Å². The highest BCUT2D eigenvalue weighted by molar-refractivity contribution is 5.65. The summed E-state index contributed by atoms with van der Waals surface area (Å²) in [5, 5.41) is 3.53. The number of hydrogen-bond acceptors (Lipinski definition) is 5. The van der Waals surface area contributed by atoms with Crippen molar-refractivity contribution in [3.05, 3.63) is 78.1 Å². The number of piperazine rings is 1. The van der Waals surface area contributed by atoms with Gasteiger partial charge in [0.2, 0.25) is 0 Å². The van der Waals surface area contributed by atoms with Crippen molar-refractivity contribution < 1.29 is 9.47 Å². The summed E-state index contributed by atoms with van der Waals surface area (Å²) >= 11 is 0. The molecule has 2 heterocycles. The van der Waals surface area contributed by atoms with E-state index in [1.165, 1.54) is 16.7 Å². The summed E-state index contributed by atoms with van der Waals surface area (Å²) in [6.45, 7) is 3.64. The van der Waals surface area contributed by atoms with Gasteiger partial charge in [-0.1, -0.05) is 24.3 Å². The average Bonchev–Trinajstić information content (AvgIpc) is 2.80. The summed E-state index contributed by atoms with van der Waals surface area (Å²) in [4.78, 5) is 6.63. The van der Waals surface area contributed by atoms with Gasteiger partial charge in [-0.15, -0.1) is 0 Å². The molecule has 0 bridgehead atoms. The van der Waals surface area contributed by atoms with Crippen molar-refractivity contribution in [3.8, 4) is 22.6 Å². The number of para-hydroxylation sites is 1. The number of ether oxygens (including phenoxy) is 2. The molecule has 29 heavy (non-hydrogen) atoms. The van der Waals surface area contributed by atoms with Crippen molar-refractivity contribution in [3.63, 3.8) is 0 Å². The van der Waals surface area contributed by atoms with Gasteiger partial charge in [0.1, 0.15) is 11.5 Å². The molecule has 1 unspecified atom stereocenters. The Hall–Kier alpha value is -2.89. The molecule has 4 rings (SSSR count). The number of nitrogens with zero attached hydrogens (tertiary/aromatic N) is 2. The largest absolute Gasteiger partial charge is 0.496 e. The van der Waals surface area contributed by atoms with E-state index in [-0.39, 0.29) is 6.04 Å². The van der Waals surface area contributed by atoms with Crippen molar-refractivity contribution in [2.75, 3.05) is 33.9 Å². The van der Waals surface area contributed by atoms with E-state index in [0.717, 1.165) is 43.2 Å². The van der Waals surface area contributed by atoms with Gasteiger partial charge in [-0.05, 0) is 41.5 Å². The van der Waals surface area contributed by atoms with Gasteiger partial charge in [0, 0.05) is 49.7 Å². The molecule has 1 aliphatic heterocycles. The van der Waals surface area contributed by atoms with E-state index in [9.17, 15) is 0 Å². The Morgan fingerprint density at radius 2 is 1.76 bits per heavy atom. The number of pyridine rings is 1. The predicted octanol–water partition coefficient (Wildman–Crippen LogP) is 3.91. The number of benzene rings is 2. The predicted molar refractivity (Wildman–Crippen MR) is 115 cm³/mol. The molecule has 0 aliphatic carbocycles. The van der Waals surface area contributed by atoms with Crippen LogP contribution in [0.2, 0.25) is 0 Å². The van der Waals surface area contributed by atoms with Crippen LogP contribution in [-0.4, -0.2) is 43.7 Å². The zero-order valence-corrected chi connectivity index (χ0v) is 17.0. The molecule has 1 fully saturated rings. The lowest BCUT2D eigenvalue weighted by Crippen LogP contribution is -2.45. The van der Waals surface area contributed by atoms with Crippen molar-refractivity contribution in [2.24, 2.45) is 0 Å². The molecule has 5 heteroatoms. The van der Waals surface area contributed by atoms with Gasteiger partial charge in [0.05, 0.1) is 20.3 Å². The fourth-order valence-electron chi connectivity index (χ4n) is 4.03. The van der Waals surface area contributed by atoms with E-state index in [1.54, 1.807) is 14.2 Å². The monoisotopic (exact) mass is 389 g/mol. The van der Waals surface area contributed by atoms with E-state index >= 15 is 0 Å². The summed E-state index contributed by atoms with van der Waals surface area (Å²) in [5.41, 5.74) is 4.73. The minimum absolute atomic E-state index is 0.245. The summed E-state index contributed by atoms with van der Waals surface area (Å²) in [7, 11) is 3.47. The molecule has 1 saturated heterocycles. The maximum atomic E-state index is 5.68. The Morgan fingerprint density at radius 3 is 2.55 bits per heavy atom. The van der Waals surface area contributed by atoms with Crippen molar-refractivity contribution >= 4 is 0 Å². The van der Waals surface area contributed by atoms with Gasteiger partial charge in [-0.3, -0.25) is 9.88 Å². The second kappa shape index (κ2) is 9.07. The summed E-state index contributed by atoms with van der Waals surface area (Å²) in [5.74, 6) is 1.85. The first-order valence-electron chi connectivity index (χ1n) is 9.95. The fraction of sp³-hybridized carbons (Fsp3) is 0.292. The van der Waals surface area contributed by atoms with Crippen LogP contribution >= 0.6 is 0 Å². The molecule has 1 N–H and O–H groups in total. The van der Waals surface area contributed by atoms with E-state index < -0.39 is 0 Å². The van der Waals surface area contributed by atoms with Gasteiger partial charge in [0.15, 0.2) is 0 Å². The van der Waals surface area contributed by atoms with Crippen molar-refractivity contribution in [1.29, 1.82) is 0 Å². The molecule has 0 saturated carbocycles. The third kappa shape index (κ3) is 4.26. The Labute approximate surface area is 172 Å². The third-order valence-corrected chi connectivity index (χ3v) is 5.52. The highest BCUT2D eigenvalue weighted by Gasteiger charge is 2.27. The Kier molecular flexibility index (Phi) is 6.08. The Bertz CT molecular complexity index is 946. The minimum Gasteiger partial charge on any atom is -0.496 e. The van der Waals surface area contributed by atoms with E-state index in [1.807, 2.05) is 36.7 Å². The lowest BCUT2D eigenvalue weighted by atomic mass is 9.99. The van der Waals surface area contributed by atoms with Crippen LogP contribution in [0.25, 0.3) is 11.1 Å². The summed E-state index contributed by atoms with van der Waals surface area (Å²) < 4.78 is 11.3. The number of methoxy groups -OCH3 is 2. The Balaban J connectivity index is 1.66. The molecular formula is C24H27N3O2. The van der Waals surface area contributed by atoms with Crippen LogP contribution < -0.4 is 14.8 Å². The highest BCUT2D eigenvalue weighted by atomic mass is 16.5. The highest BCUT2D eigenvalue weighted by Crippen LogP contribution is 2.33. The first kappa shape index (κ1) is 19.4. The van der Waals surface area contributed by atoms with Crippen LogP contribution in [0.3, 0.4) is 0 Å². The molecule has 1 aromatic heterocycles. The van der Waals surface area contributed by atoms with Crippen LogP contribution in [0, 0.1) is 0 Å². The molecule has 150 valence electrons. The van der Waals surface area contributed by atoms with Gasteiger partial charge in [0.25, 0.3) is 0 Å². The molecule has 0 radical (unpaired) electrons. The number of hydrogen-bond donors (Lipinski definition) is 1. The Morgan fingerprint density at radius 1 is 0.966 bits per heavy atom. The average molecular weight is 389 g/mol. The molecule has 1 aliphatic rings. The van der Waals surface area contributed by atoms with Crippen molar-refractivity contribution in [2.45, 2.75) is 12.6 Å². The van der Waals surface area contributed by atoms with Crippen molar-refractivity contribution in [1.82, 2.24) is 15.2 Å². The molecule has 3 aromatic rings. The quantitative estimate of drug-likeness (QED) is 0.693. The van der Waals surface area contributed by atoms with Crippen LogP contribution in [0.15, 0.2) is 67.0 Å². The number of rotatable bonds is 6. The fourth-order valence-corrected chi connectivity index (χ4v) is 4.03. The maximum Gasteiger partial charge on any atom is 0.123 e. The molecule has 1 atom stereocenters. The van der Waals surface area contributed by atoms with E-state index in [2.05, 4.69) is 45.5 Å². The topological polar surface area (TPSA) is 46.6 Å². The summed E-state index contributed by atoms with van der Waals surface area (Å²) in [6.07, 6.45) is 3.65. The summed E-state index contributed by atoms with van der Waals surface area (Å²) in [6, 6.07) is 19.0. The van der Waals surface area contributed by atoms with E-state index in [0.29, 0.717) is 0 Å².